The van der Waals surface area contributed by atoms with E-state index >= 15 is 0 Å². The van der Waals surface area contributed by atoms with Crippen molar-refractivity contribution >= 4 is 64.8 Å². The highest BCUT2D eigenvalue weighted by molar-refractivity contribution is 6.40. The molecule has 23 N–H and O–H groups in total. The summed E-state index contributed by atoms with van der Waals surface area (Å²) in [5, 5.41) is 28.1. The number of aliphatic hydroxyl groups is 1. The molecule has 0 unspecified atom stereocenters. The number of nitrogens with one attached hydrogen (secondary N) is 8. The van der Waals surface area contributed by atoms with E-state index in [1.165, 1.54) is 30.4 Å². The van der Waals surface area contributed by atoms with Crippen molar-refractivity contribution in [1.29, 1.82) is 0 Å². The third-order valence-corrected chi connectivity index (χ3v) is 12.0. The van der Waals surface area contributed by atoms with Gasteiger partial charge in [-0.15, -0.1) is 0 Å². The number of aromatic amines is 1. The third kappa shape index (κ3) is 26.1. The molecule has 0 aliphatic carbocycles. The molecule has 29 heteroatoms. The molecule has 1 fully saturated rings. The van der Waals surface area contributed by atoms with Crippen LogP contribution >= 0.6 is 0 Å². The summed E-state index contributed by atoms with van der Waals surface area (Å²) in [5.74, 6) is -6.79. The highest BCUT2D eigenvalue weighted by Gasteiger charge is 2.37. The molecule has 2 heterocycles. The number of rotatable bonds is 37. The van der Waals surface area contributed by atoms with Gasteiger partial charge in [0.15, 0.2) is 5.96 Å². The lowest BCUT2D eigenvalue weighted by atomic mass is 9.99. The number of guanidine groups is 1. The van der Waals surface area contributed by atoms with Gasteiger partial charge in [-0.05, 0) is 123 Å². The fraction of sp³-hybridized carbons (Fsp3) is 0.667. The summed E-state index contributed by atoms with van der Waals surface area (Å²) < 4.78 is 0. The second-order valence-corrected chi connectivity index (χ2v) is 18.4. The molecule has 29 nitrogen and oxygen atoms in total. The molecule has 9 amide bonds. The summed E-state index contributed by atoms with van der Waals surface area (Å²) in [6.45, 7) is 2.22. The molecule has 0 spiro atoms. The Morgan fingerprint density at radius 3 is 2.08 bits per heavy atom. The van der Waals surface area contributed by atoms with Crippen molar-refractivity contribution in [1.82, 2.24) is 52.1 Å². The SMILES string of the molecule is C[C@H](NC(=O)C[C@@H](O)CN)C(=O)NCC(=O)N=C(CCCN)C(=O)N1CCCC[C@H]1C(=O)N[C@@H](Cc1cnc[nH]1)C(=O)N[C@@H](CCCCN)C(=O)N/C(=C\CCN=C(N)N)C(=O)N[C@@H](CCCCN)C(=O)NCCCCN. The number of carbonyl (C=O) groups excluding carboxylic acids is 9. The van der Waals surface area contributed by atoms with Crippen LogP contribution in [0.2, 0.25) is 0 Å². The van der Waals surface area contributed by atoms with Gasteiger partial charge in [0.1, 0.15) is 41.6 Å². The van der Waals surface area contributed by atoms with Gasteiger partial charge in [-0.25, -0.2) is 9.98 Å². The van der Waals surface area contributed by atoms with Crippen LogP contribution in [0.3, 0.4) is 0 Å². The van der Waals surface area contributed by atoms with Crippen LogP contribution in [0.1, 0.15) is 109 Å². The molecule has 432 valence electrons. The summed E-state index contributed by atoms with van der Waals surface area (Å²) in [5.41, 5.74) is 39.2. The first-order valence-corrected chi connectivity index (χ1v) is 26.3. The number of aliphatic imine (C=N–C) groups is 2. The van der Waals surface area contributed by atoms with Crippen LogP contribution in [0.25, 0.3) is 0 Å². The number of likely N-dealkylation sites (tertiary alicyclic amines) is 1. The zero-order chi connectivity index (χ0) is 57.1. The summed E-state index contributed by atoms with van der Waals surface area (Å²) >= 11 is 0. The van der Waals surface area contributed by atoms with Gasteiger partial charge in [-0.1, -0.05) is 6.08 Å². The molecule has 0 bridgehead atoms. The topological polar surface area (TPSA) is 497 Å². The fourth-order valence-corrected chi connectivity index (χ4v) is 7.81. The number of aliphatic hydroxyl groups excluding tert-OH is 1. The number of carbonyl (C=O) groups is 9. The number of piperidine rings is 1. The summed E-state index contributed by atoms with van der Waals surface area (Å²) in [6, 6.07) is -5.90. The maximum atomic E-state index is 14.5. The molecule has 0 aromatic carbocycles. The van der Waals surface area contributed by atoms with Crippen molar-refractivity contribution in [2.45, 2.75) is 146 Å². The molecule has 6 atom stereocenters. The van der Waals surface area contributed by atoms with Crippen LogP contribution in [0, 0.1) is 0 Å². The normalized spacial score (nSPS) is 15.6. The zero-order valence-electron chi connectivity index (χ0n) is 44.3. The Hall–Kier alpha value is -6.92. The van der Waals surface area contributed by atoms with Gasteiger partial charge in [0.2, 0.25) is 35.4 Å². The number of H-pyrrole nitrogens is 1. The minimum Gasteiger partial charge on any atom is -0.391 e. The average Bonchev–Trinajstić information content (AvgIpc) is 3.93. The van der Waals surface area contributed by atoms with E-state index in [1.54, 1.807) is 0 Å². The van der Waals surface area contributed by atoms with Gasteiger partial charge >= 0.3 is 0 Å². The van der Waals surface area contributed by atoms with Crippen molar-refractivity contribution in [2.24, 2.45) is 50.1 Å². The van der Waals surface area contributed by atoms with Crippen LogP contribution in [0.4, 0.5) is 0 Å². The van der Waals surface area contributed by atoms with E-state index in [0.717, 1.165) is 0 Å². The van der Waals surface area contributed by atoms with Crippen molar-refractivity contribution < 1.29 is 48.3 Å². The smallest absolute Gasteiger partial charge is 0.269 e. The Labute approximate surface area is 449 Å². The van der Waals surface area contributed by atoms with Gasteiger partial charge in [-0.3, -0.25) is 48.1 Å². The zero-order valence-corrected chi connectivity index (χ0v) is 44.3. The van der Waals surface area contributed by atoms with Crippen LogP contribution in [-0.2, 0) is 49.6 Å². The minimum absolute atomic E-state index is 0.0406. The molecule has 0 saturated carbocycles. The van der Waals surface area contributed by atoms with E-state index in [9.17, 15) is 48.3 Å². The highest BCUT2D eigenvalue weighted by Crippen LogP contribution is 2.20. The maximum absolute atomic E-state index is 14.5. The number of imidazole rings is 1. The maximum Gasteiger partial charge on any atom is 0.269 e. The second kappa shape index (κ2) is 37.8. The summed E-state index contributed by atoms with van der Waals surface area (Å²) in [4.78, 5) is 139. The molecular formula is C48H85N19O10. The van der Waals surface area contributed by atoms with Crippen LogP contribution < -0.4 is 77.4 Å². The number of unbranched alkanes of at least 4 members (excludes halogenated alkanes) is 3. The first-order chi connectivity index (χ1) is 36.9. The number of hydrogen-bond donors (Lipinski definition) is 16. The highest BCUT2D eigenvalue weighted by atomic mass is 16.3. The molecule has 77 heavy (non-hydrogen) atoms. The first-order valence-electron chi connectivity index (χ1n) is 26.3. The molecule has 0 radical (unpaired) electrons. The Bertz CT molecular complexity index is 2140. The lowest BCUT2D eigenvalue weighted by Crippen LogP contribution is -2.59. The van der Waals surface area contributed by atoms with Crippen LogP contribution in [0.5, 0.6) is 0 Å². The number of nitrogens with two attached hydrogens (primary N) is 7. The van der Waals surface area contributed by atoms with E-state index in [0.29, 0.717) is 76.7 Å². The monoisotopic (exact) mass is 1090 g/mol. The Balaban J connectivity index is 2.43. The molecule has 1 aliphatic heterocycles. The summed E-state index contributed by atoms with van der Waals surface area (Å²) in [7, 11) is 0. The van der Waals surface area contributed by atoms with Crippen LogP contribution in [-0.4, -0.2) is 180 Å². The minimum atomic E-state index is -1.37. The molecule has 2 rings (SSSR count). The standard InChI is InChI=1S/C48H85N19O10/c1-30(61-39(69)25-32(68)26-53)41(71)59-28-40(70)62-36(14-10-20-52)47(77)67-23-9-4-16-38(67)46(76)66-37(24-31-27-56-29-60-31)45(75)65-34(13-3-6-18-50)43(73)64-35(15-11-22-58-48(54)55)44(74)63-33(12-2-5-17-49)42(72)57-21-8-7-19-51/h15,27,29-30,32-34,37-38,68H,2-14,16-26,28,49-53H2,1H3,(H,56,60)(H,57,72)(H,59,71)(H,61,69)(H,63,74)(H,64,73)(H,65,75)(H,66,76)(H4,54,55,58)/b35-15-,62-36?/t30-,32+,33-,34-,37-,38-/m0/s1. The molecule has 1 aromatic heterocycles. The van der Waals surface area contributed by atoms with E-state index in [2.05, 4.69) is 57.2 Å². The predicted molar refractivity (Wildman–Crippen MR) is 287 cm³/mol. The molecule has 1 saturated heterocycles. The predicted octanol–water partition coefficient (Wildman–Crippen LogP) is -5.40. The van der Waals surface area contributed by atoms with Gasteiger partial charge in [-0.2, -0.15) is 0 Å². The van der Waals surface area contributed by atoms with Crippen LogP contribution in [0.15, 0.2) is 34.3 Å². The lowest BCUT2D eigenvalue weighted by Gasteiger charge is -2.36. The van der Waals surface area contributed by atoms with Crippen molar-refractivity contribution in [3.8, 4) is 0 Å². The van der Waals surface area contributed by atoms with Crippen molar-refractivity contribution in [2.75, 3.05) is 58.9 Å². The van der Waals surface area contributed by atoms with Gasteiger partial charge in [0, 0.05) is 44.5 Å². The van der Waals surface area contributed by atoms with Crippen molar-refractivity contribution in [3.05, 3.63) is 30.0 Å². The summed E-state index contributed by atoms with van der Waals surface area (Å²) in [6.07, 6.45) is 7.58. The number of hydrogen-bond acceptors (Lipinski definition) is 17. The van der Waals surface area contributed by atoms with Gasteiger partial charge in [0.25, 0.3) is 17.7 Å². The number of amides is 9. The van der Waals surface area contributed by atoms with E-state index in [1.807, 2.05) is 0 Å². The number of aromatic nitrogens is 2. The quantitative estimate of drug-likeness (QED) is 0.0128. The Morgan fingerprint density at radius 1 is 0.792 bits per heavy atom. The number of nitrogens with zero attached hydrogens (tertiary/aromatic N) is 4. The van der Waals surface area contributed by atoms with E-state index in [-0.39, 0.29) is 101 Å². The Kier molecular flexibility index (Phi) is 32.5. The van der Waals surface area contributed by atoms with E-state index in [4.69, 9.17) is 40.1 Å². The largest absolute Gasteiger partial charge is 0.391 e. The third-order valence-electron chi connectivity index (χ3n) is 12.0. The Morgan fingerprint density at radius 2 is 1.45 bits per heavy atom. The van der Waals surface area contributed by atoms with E-state index < -0.39 is 96.0 Å². The molecular weight excluding hydrogens is 1000 g/mol. The average molecular weight is 1090 g/mol. The van der Waals surface area contributed by atoms with Gasteiger partial charge in [0.05, 0.1) is 25.4 Å². The lowest BCUT2D eigenvalue weighted by molar-refractivity contribution is -0.139. The fourth-order valence-electron chi connectivity index (χ4n) is 7.81. The second-order valence-electron chi connectivity index (χ2n) is 18.4. The first kappa shape index (κ1) is 66.2. The molecule has 1 aromatic rings. The molecule has 1 aliphatic rings. The van der Waals surface area contributed by atoms with Crippen molar-refractivity contribution in [3.63, 3.8) is 0 Å². The van der Waals surface area contributed by atoms with Gasteiger partial charge < -0.3 is 92.3 Å².